The van der Waals surface area contributed by atoms with Crippen molar-refractivity contribution < 1.29 is 32.2 Å². The van der Waals surface area contributed by atoms with Gasteiger partial charge in [0, 0.05) is 54.7 Å². The van der Waals surface area contributed by atoms with Gasteiger partial charge < -0.3 is 19.5 Å². The van der Waals surface area contributed by atoms with Crippen molar-refractivity contribution in [2.45, 2.75) is 94.8 Å². The van der Waals surface area contributed by atoms with Gasteiger partial charge in [0.25, 0.3) is 5.91 Å². The number of amides is 2. The second-order valence-electron chi connectivity index (χ2n) is 14.5. The normalized spacial score (nSPS) is 27.4. The highest BCUT2D eigenvalue weighted by Crippen LogP contribution is 2.46. The molecule has 0 bridgehead atoms. The number of carbonyl (C=O) groups is 2. The van der Waals surface area contributed by atoms with Gasteiger partial charge in [-0.05, 0) is 83.6 Å². The molecule has 2 amide bonds. The first-order chi connectivity index (χ1) is 24.5. The summed E-state index contributed by atoms with van der Waals surface area (Å²) in [6, 6.07) is 10.9. The number of rotatable bonds is 7. The minimum atomic E-state index is -3.79. The zero-order valence-electron chi connectivity index (χ0n) is 29.7. The number of nitrogens with one attached hydrogen (secondary N) is 2. The number of carbonyl (C=O) groups excluding carboxylic acids is 2. The summed E-state index contributed by atoms with van der Waals surface area (Å²) in [5.74, 6) is 0.0407. The van der Waals surface area contributed by atoms with Gasteiger partial charge in [-0.25, -0.2) is 13.4 Å². The lowest BCUT2D eigenvalue weighted by Gasteiger charge is -2.28. The summed E-state index contributed by atoms with van der Waals surface area (Å²) in [6.45, 7) is 7.44. The average Bonchev–Trinajstić information content (AvgIpc) is 4.02. The summed E-state index contributed by atoms with van der Waals surface area (Å²) in [6.07, 6.45) is 7.82. The van der Waals surface area contributed by atoms with Crippen LogP contribution in [0.25, 0.3) is 22.3 Å². The molecule has 2 aliphatic heterocycles. The van der Waals surface area contributed by atoms with E-state index in [9.17, 15) is 18.0 Å². The van der Waals surface area contributed by atoms with Crippen molar-refractivity contribution in [1.82, 2.24) is 24.9 Å². The van der Waals surface area contributed by atoms with Crippen LogP contribution in [0.1, 0.15) is 63.1 Å². The van der Waals surface area contributed by atoms with Gasteiger partial charge in [-0.15, -0.1) is 0 Å². The van der Waals surface area contributed by atoms with Crippen molar-refractivity contribution in [1.29, 1.82) is 0 Å². The fraction of sp³-hybridized carbons (Fsp3) is 0.526. The second kappa shape index (κ2) is 14.2. The van der Waals surface area contributed by atoms with Crippen molar-refractivity contribution in [3.05, 3.63) is 59.8 Å². The van der Waals surface area contributed by atoms with E-state index in [-0.39, 0.29) is 24.0 Å². The van der Waals surface area contributed by atoms with E-state index in [2.05, 4.69) is 14.9 Å². The number of pyridine rings is 2. The number of aromatic nitrogens is 2. The molecule has 2 aromatic heterocycles. The number of allylic oxidation sites excluding steroid dienone is 1. The molecule has 4 aliphatic rings. The van der Waals surface area contributed by atoms with E-state index in [0.717, 1.165) is 41.4 Å². The van der Waals surface area contributed by atoms with Crippen molar-refractivity contribution in [3.63, 3.8) is 0 Å². The van der Waals surface area contributed by atoms with Crippen LogP contribution in [0.3, 0.4) is 0 Å². The molecule has 2 N–H and O–H groups in total. The third kappa shape index (κ3) is 7.47. The van der Waals surface area contributed by atoms with Crippen molar-refractivity contribution >= 4 is 32.7 Å². The Kier molecular flexibility index (Phi) is 9.81. The molecule has 5 unspecified atom stereocenters. The largest absolute Gasteiger partial charge is 0.496 e. The molecule has 12 nitrogen and oxygen atoms in total. The Morgan fingerprint density at radius 1 is 1.08 bits per heavy atom. The van der Waals surface area contributed by atoms with E-state index in [1.54, 1.807) is 7.11 Å². The smallest absolute Gasteiger partial charge is 0.259 e. The number of hydrogen-bond acceptors (Lipinski definition) is 10. The minimum Gasteiger partial charge on any atom is -0.496 e. The Bertz CT molecular complexity index is 1970. The average molecular weight is 718 g/mol. The lowest BCUT2D eigenvalue weighted by atomic mass is 10.1. The predicted molar refractivity (Wildman–Crippen MR) is 193 cm³/mol. The highest BCUT2D eigenvalue weighted by Gasteiger charge is 2.62. The molecule has 3 aromatic rings. The van der Waals surface area contributed by atoms with Crippen LogP contribution in [-0.2, 0) is 24.3 Å². The molecule has 7 rings (SSSR count). The van der Waals surface area contributed by atoms with Crippen molar-refractivity contribution in [2.75, 3.05) is 26.8 Å². The molecule has 2 aliphatic carbocycles. The standard InChI is InChI=1S/C38H47N5O7S/c1-23-10-9-12-30(39-23)31-19-34(29-15-16-33(48-4)25(3)35(29)40-31)50-27-18-32-36(44)41-38(37(45)42-51(46,47)28-13-14-28)20-26(38)11-7-5-6-8-17-49-24(2)21-43(32)22-27/h7,9-12,15-16,19,24,26-28,32H,5-6,8,13-14,17-18,20-22H2,1-4H3,(H,41,44)(H,42,45). The highest BCUT2D eigenvalue weighted by molar-refractivity contribution is 7.91. The van der Waals surface area contributed by atoms with Crippen LogP contribution in [0.4, 0.5) is 0 Å². The number of fused-ring (bicyclic) bond motifs is 3. The summed E-state index contributed by atoms with van der Waals surface area (Å²) in [5.41, 5.74) is 2.53. The van der Waals surface area contributed by atoms with Crippen LogP contribution >= 0.6 is 0 Å². The maximum Gasteiger partial charge on any atom is 0.259 e. The third-order valence-electron chi connectivity index (χ3n) is 10.5. The van der Waals surface area contributed by atoms with Gasteiger partial charge >= 0.3 is 0 Å². The fourth-order valence-electron chi connectivity index (χ4n) is 7.37. The molecular weight excluding hydrogens is 671 g/mol. The van der Waals surface area contributed by atoms with Gasteiger partial charge in [0.1, 0.15) is 23.1 Å². The van der Waals surface area contributed by atoms with Crippen LogP contribution in [0.5, 0.6) is 11.5 Å². The lowest BCUT2D eigenvalue weighted by Crippen LogP contribution is -2.56. The van der Waals surface area contributed by atoms with Crippen LogP contribution in [-0.4, -0.2) is 90.9 Å². The number of methoxy groups -OCH3 is 1. The number of ether oxygens (including phenoxy) is 3. The number of aryl methyl sites for hydroxylation is 2. The second-order valence-corrected chi connectivity index (χ2v) is 16.4. The van der Waals surface area contributed by atoms with Crippen LogP contribution < -0.4 is 19.5 Å². The first-order valence-electron chi connectivity index (χ1n) is 18.0. The maximum atomic E-state index is 14.3. The van der Waals surface area contributed by atoms with Crippen LogP contribution in [0.15, 0.2) is 48.6 Å². The Morgan fingerprint density at radius 3 is 2.67 bits per heavy atom. The molecular formula is C38H47N5O7S. The molecule has 5 atom stereocenters. The van der Waals surface area contributed by atoms with Gasteiger partial charge in [0.2, 0.25) is 15.9 Å². The van der Waals surface area contributed by atoms with E-state index in [1.807, 2.05) is 69.3 Å². The van der Waals surface area contributed by atoms with Gasteiger partial charge in [-0.3, -0.25) is 24.2 Å². The van der Waals surface area contributed by atoms with Gasteiger partial charge in [-0.1, -0.05) is 18.2 Å². The van der Waals surface area contributed by atoms with Crippen molar-refractivity contribution in [3.8, 4) is 22.9 Å². The molecule has 3 fully saturated rings. The molecule has 0 spiro atoms. The molecule has 2 saturated carbocycles. The maximum absolute atomic E-state index is 14.3. The Morgan fingerprint density at radius 2 is 1.90 bits per heavy atom. The third-order valence-corrected chi connectivity index (χ3v) is 12.3. The Hall–Kier alpha value is -4.07. The van der Waals surface area contributed by atoms with Gasteiger partial charge in [-0.2, -0.15) is 0 Å². The zero-order chi connectivity index (χ0) is 35.9. The first kappa shape index (κ1) is 35.3. The van der Waals surface area contributed by atoms with E-state index in [4.69, 9.17) is 24.2 Å². The summed E-state index contributed by atoms with van der Waals surface area (Å²) in [4.78, 5) is 39.7. The first-order valence-corrected chi connectivity index (χ1v) is 19.5. The Labute approximate surface area is 299 Å². The van der Waals surface area contributed by atoms with E-state index < -0.39 is 32.8 Å². The quantitative estimate of drug-likeness (QED) is 0.338. The number of sulfonamides is 1. The summed E-state index contributed by atoms with van der Waals surface area (Å²) < 4.78 is 46.4. The number of benzene rings is 1. The van der Waals surface area contributed by atoms with Gasteiger partial charge in [0.15, 0.2) is 0 Å². The molecule has 13 heteroatoms. The van der Waals surface area contributed by atoms with E-state index >= 15 is 0 Å². The minimum absolute atomic E-state index is 0.148. The highest BCUT2D eigenvalue weighted by atomic mass is 32.2. The summed E-state index contributed by atoms with van der Waals surface area (Å²) in [7, 11) is -2.16. The van der Waals surface area contributed by atoms with Crippen LogP contribution in [0.2, 0.25) is 0 Å². The SMILES string of the molecule is COc1ccc2c(OC3CC4C(=O)NC5(C(=O)NS(=O)(=O)C6CC6)CC5C=CCCCCOC(C)CN4C3)cc(-c3cccc(C)n3)nc2c1C. The van der Waals surface area contributed by atoms with E-state index in [0.29, 0.717) is 68.3 Å². The molecule has 272 valence electrons. The molecule has 1 saturated heterocycles. The molecule has 4 heterocycles. The van der Waals surface area contributed by atoms with Crippen LogP contribution in [0, 0.1) is 19.8 Å². The predicted octanol–water partition coefficient (Wildman–Crippen LogP) is 4.37. The summed E-state index contributed by atoms with van der Waals surface area (Å²) in [5, 5.41) is 3.30. The molecule has 1 aromatic carbocycles. The Balaban J connectivity index is 1.19. The monoisotopic (exact) mass is 717 g/mol. The van der Waals surface area contributed by atoms with E-state index in [1.165, 1.54) is 0 Å². The zero-order valence-corrected chi connectivity index (χ0v) is 30.5. The lowest BCUT2D eigenvalue weighted by molar-refractivity contribution is -0.132. The molecule has 0 radical (unpaired) electrons. The molecule has 51 heavy (non-hydrogen) atoms. The number of nitrogens with zero attached hydrogens (tertiary/aromatic N) is 3. The van der Waals surface area contributed by atoms with Gasteiger partial charge in [0.05, 0.1) is 41.4 Å². The van der Waals surface area contributed by atoms with Crippen molar-refractivity contribution in [2.24, 2.45) is 5.92 Å². The topological polar surface area (TPSA) is 149 Å². The summed E-state index contributed by atoms with van der Waals surface area (Å²) >= 11 is 0. The fourth-order valence-corrected chi connectivity index (χ4v) is 8.74. The number of hydrogen-bond donors (Lipinski definition) is 2.